The molecule has 0 unspecified atom stereocenters. The zero-order valence-electron chi connectivity index (χ0n) is 14.9. The third-order valence-electron chi connectivity index (χ3n) is 4.38. The minimum atomic E-state index is -0.482. The smallest absolute Gasteiger partial charge is 0.343 e. The number of allylic oxidation sites excluding steroid dienone is 1. The van der Waals surface area contributed by atoms with Crippen molar-refractivity contribution in [3.63, 3.8) is 0 Å². The van der Waals surface area contributed by atoms with Crippen LogP contribution in [0.4, 0.5) is 4.39 Å². The normalized spacial score (nSPS) is 13.9. The Bertz CT molecular complexity index is 1110. The monoisotopic (exact) mass is 374 g/mol. The van der Waals surface area contributed by atoms with Crippen molar-refractivity contribution in [3.05, 3.63) is 101 Å². The Labute approximate surface area is 160 Å². The number of carbonyl (C=O) groups is 2. The van der Waals surface area contributed by atoms with Gasteiger partial charge in [0.15, 0.2) is 5.76 Å². The van der Waals surface area contributed by atoms with E-state index < -0.39 is 5.97 Å². The summed E-state index contributed by atoms with van der Waals surface area (Å²) in [6.45, 7) is 1.83. The lowest BCUT2D eigenvalue weighted by Gasteiger charge is -2.07. The first kappa shape index (κ1) is 17.7. The Morgan fingerprint density at radius 2 is 1.79 bits per heavy atom. The Morgan fingerprint density at radius 1 is 1.04 bits per heavy atom. The molecule has 0 radical (unpaired) electrons. The number of Topliss-reactive ketones (excluding diaryl/α,β-unsaturated/α-hetero) is 1. The largest absolute Gasteiger partial charge is 0.452 e. The van der Waals surface area contributed by atoms with Gasteiger partial charge in [0.25, 0.3) is 0 Å². The molecule has 4 nitrogen and oxygen atoms in total. The van der Waals surface area contributed by atoms with Crippen LogP contribution in [0.3, 0.4) is 0 Å². The zero-order chi connectivity index (χ0) is 19.7. The molecule has 1 heterocycles. The van der Waals surface area contributed by atoms with Crippen LogP contribution in [0.15, 0.2) is 72.5 Å². The molecule has 5 heteroatoms. The summed E-state index contributed by atoms with van der Waals surface area (Å²) in [5, 5.41) is 0. The Kier molecular flexibility index (Phi) is 4.49. The van der Waals surface area contributed by atoms with Crippen molar-refractivity contribution in [2.24, 2.45) is 0 Å². The summed E-state index contributed by atoms with van der Waals surface area (Å²) >= 11 is 0. The predicted molar refractivity (Wildman–Crippen MR) is 102 cm³/mol. The van der Waals surface area contributed by atoms with Crippen LogP contribution in [0.25, 0.3) is 6.08 Å². The number of hydrogen-bond donors (Lipinski definition) is 0. The maximum absolute atomic E-state index is 13.0. The van der Waals surface area contributed by atoms with E-state index in [4.69, 9.17) is 9.47 Å². The number of halogens is 1. The summed E-state index contributed by atoms with van der Waals surface area (Å²) < 4.78 is 24.1. The van der Waals surface area contributed by atoms with Crippen molar-refractivity contribution in [3.8, 4) is 11.5 Å². The van der Waals surface area contributed by atoms with Gasteiger partial charge in [-0.2, -0.15) is 0 Å². The van der Waals surface area contributed by atoms with E-state index in [0.717, 1.165) is 5.56 Å². The average Bonchev–Trinajstić information content (AvgIpc) is 2.99. The Morgan fingerprint density at radius 3 is 2.54 bits per heavy atom. The highest BCUT2D eigenvalue weighted by atomic mass is 19.1. The first-order chi connectivity index (χ1) is 13.5. The first-order valence-electron chi connectivity index (χ1n) is 8.63. The fourth-order valence-electron chi connectivity index (χ4n) is 2.91. The van der Waals surface area contributed by atoms with Crippen LogP contribution in [0.1, 0.15) is 31.8 Å². The van der Waals surface area contributed by atoms with Gasteiger partial charge in [-0.25, -0.2) is 9.18 Å². The molecule has 0 N–H and O–H groups in total. The highest BCUT2D eigenvalue weighted by Gasteiger charge is 2.28. The maximum atomic E-state index is 13.0. The molecular formula is C23H15FO4. The van der Waals surface area contributed by atoms with Gasteiger partial charge in [0, 0.05) is 6.07 Å². The molecule has 0 amide bonds. The second-order valence-electron chi connectivity index (χ2n) is 6.35. The van der Waals surface area contributed by atoms with Gasteiger partial charge in [-0.3, -0.25) is 4.79 Å². The lowest BCUT2D eigenvalue weighted by Crippen LogP contribution is -2.10. The molecule has 138 valence electrons. The lowest BCUT2D eigenvalue weighted by molar-refractivity contribution is 0.0733. The van der Waals surface area contributed by atoms with E-state index in [1.54, 1.807) is 42.5 Å². The van der Waals surface area contributed by atoms with Crippen LogP contribution in [-0.4, -0.2) is 11.8 Å². The van der Waals surface area contributed by atoms with Gasteiger partial charge in [0.2, 0.25) is 5.78 Å². The molecule has 1 aliphatic rings. The van der Waals surface area contributed by atoms with Crippen LogP contribution >= 0.6 is 0 Å². The minimum Gasteiger partial charge on any atom is -0.452 e. The molecule has 3 aromatic carbocycles. The third kappa shape index (κ3) is 3.42. The van der Waals surface area contributed by atoms with Gasteiger partial charge in [-0.1, -0.05) is 30.3 Å². The van der Waals surface area contributed by atoms with Gasteiger partial charge >= 0.3 is 5.97 Å². The molecule has 28 heavy (non-hydrogen) atoms. The molecule has 0 saturated carbocycles. The molecule has 0 spiro atoms. The minimum absolute atomic E-state index is 0.129. The molecule has 1 aliphatic heterocycles. The number of ether oxygens (including phenoxy) is 2. The topological polar surface area (TPSA) is 52.6 Å². The van der Waals surface area contributed by atoms with E-state index in [2.05, 4.69) is 0 Å². The van der Waals surface area contributed by atoms with Crippen LogP contribution in [-0.2, 0) is 0 Å². The van der Waals surface area contributed by atoms with E-state index in [1.165, 1.54) is 18.2 Å². The van der Waals surface area contributed by atoms with Crippen LogP contribution < -0.4 is 9.47 Å². The number of esters is 1. The maximum Gasteiger partial charge on any atom is 0.343 e. The van der Waals surface area contributed by atoms with Gasteiger partial charge in [-0.05, 0) is 54.5 Å². The Balaban J connectivity index is 1.56. The molecule has 4 rings (SSSR count). The number of hydrogen-bond acceptors (Lipinski definition) is 4. The van der Waals surface area contributed by atoms with Gasteiger partial charge < -0.3 is 9.47 Å². The summed E-state index contributed by atoms with van der Waals surface area (Å²) in [5.41, 5.74) is 2.30. The van der Waals surface area contributed by atoms with E-state index in [0.29, 0.717) is 22.4 Å². The fraction of sp³-hybridized carbons (Fsp3) is 0.0435. The number of aryl methyl sites for hydroxylation is 1. The highest BCUT2D eigenvalue weighted by Crippen LogP contribution is 2.35. The van der Waals surface area contributed by atoms with E-state index in [-0.39, 0.29) is 23.1 Å². The summed E-state index contributed by atoms with van der Waals surface area (Å²) in [5.74, 6) is -0.398. The standard InChI is InChI=1S/C23H15FO4/c1-14-4-2-3-5-18(14)23(26)27-17-10-11-19-20(13-17)28-21(22(19)25)12-15-6-8-16(24)9-7-15/h2-13H,1H3/b21-12-. The predicted octanol–water partition coefficient (Wildman–Crippen LogP) is 4.97. The van der Waals surface area contributed by atoms with Crippen molar-refractivity contribution in [2.45, 2.75) is 6.92 Å². The highest BCUT2D eigenvalue weighted by molar-refractivity contribution is 6.14. The molecule has 3 aromatic rings. The van der Waals surface area contributed by atoms with Crippen LogP contribution in [0.5, 0.6) is 11.5 Å². The summed E-state index contributed by atoms with van der Waals surface area (Å²) in [6.07, 6.45) is 1.54. The van der Waals surface area contributed by atoms with E-state index >= 15 is 0 Å². The number of carbonyl (C=O) groups excluding carboxylic acids is 2. The average molecular weight is 374 g/mol. The summed E-state index contributed by atoms with van der Waals surface area (Å²) in [7, 11) is 0. The van der Waals surface area contributed by atoms with E-state index in [9.17, 15) is 14.0 Å². The van der Waals surface area contributed by atoms with Gasteiger partial charge in [0.1, 0.15) is 17.3 Å². The number of benzene rings is 3. The van der Waals surface area contributed by atoms with Crippen molar-refractivity contribution in [1.29, 1.82) is 0 Å². The molecule has 0 aliphatic carbocycles. The van der Waals surface area contributed by atoms with E-state index in [1.807, 2.05) is 19.1 Å². The van der Waals surface area contributed by atoms with Crippen molar-refractivity contribution < 1.29 is 23.5 Å². The number of ketones is 1. The first-order valence-corrected chi connectivity index (χ1v) is 8.63. The van der Waals surface area contributed by atoms with Crippen LogP contribution in [0, 0.1) is 12.7 Å². The quantitative estimate of drug-likeness (QED) is 0.369. The van der Waals surface area contributed by atoms with Crippen LogP contribution in [0.2, 0.25) is 0 Å². The SMILES string of the molecule is Cc1ccccc1C(=O)Oc1ccc2c(c1)O/C(=C\c1ccc(F)cc1)C2=O. The number of rotatable bonds is 3. The second-order valence-corrected chi connectivity index (χ2v) is 6.35. The van der Waals surface area contributed by atoms with Crippen molar-refractivity contribution in [2.75, 3.05) is 0 Å². The molecule has 0 fully saturated rings. The molecule has 0 bridgehead atoms. The van der Waals surface area contributed by atoms with Gasteiger partial charge in [-0.15, -0.1) is 0 Å². The summed E-state index contributed by atoms with van der Waals surface area (Å²) in [6, 6.07) is 17.5. The third-order valence-corrected chi connectivity index (χ3v) is 4.38. The molecule has 0 atom stereocenters. The molecule has 0 aromatic heterocycles. The zero-order valence-corrected chi connectivity index (χ0v) is 14.9. The molecule has 0 saturated heterocycles. The van der Waals surface area contributed by atoms with Crippen molar-refractivity contribution >= 4 is 17.8 Å². The number of fused-ring (bicyclic) bond motifs is 1. The summed E-state index contributed by atoms with van der Waals surface area (Å²) in [4.78, 5) is 24.9. The van der Waals surface area contributed by atoms with Crippen molar-refractivity contribution in [1.82, 2.24) is 0 Å². The lowest BCUT2D eigenvalue weighted by atomic mass is 10.1. The second kappa shape index (κ2) is 7.12. The Hall–Kier alpha value is -3.73. The van der Waals surface area contributed by atoms with Gasteiger partial charge in [0.05, 0.1) is 11.1 Å². The fourth-order valence-corrected chi connectivity index (χ4v) is 2.91. The molecular weight excluding hydrogens is 359 g/mol.